The molecule has 0 saturated carbocycles. The lowest BCUT2D eigenvalue weighted by atomic mass is 10.0. The molecule has 1 atom stereocenters. The van der Waals surface area contributed by atoms with Crippen LogP contribution in [0.2, 0.25) is 0 Å². The molecule has 138 valence electrons. The lowest BCUT2D eigenvalue weighted by Crippen LogP contribution is -2.42. The highest BCUT2D eigenvalue weighted by atomic mass is 32.2. The molecule has 1 aromatic rings. The zero-order valence-electron chi connectivity index (χ0n) is 14.6. The number of likely N-dealkylation sites (tertiary alicyclic amines) is 1. The molecule has 0 bridgehead atoms. The Balaban J connectivity index is 1.58. The van der Waals surface area contributed by atoms with Crippen molar-refractivity contribution in [1.82, 2.24) is 14.2 Å². The first-order chi connectivity index (χ1) is 12.0. The minimum absolute atomic E-state index is 0.132. The number of hydrogen-bond donors (Lipinski definition) is 0. The Kier molecular flexibility index (Phi) is 6.01. The van der Waals surface area contributed by atoms with Gasteiger partial charge in [-0.1, -0.05) is 11.8 Å². The van der Waals surface area contributed by atoms with Crippen molar-refractivity contribution in [2.24, 2.45) is 0 Å². The Morgan fingerprint density at radius 3 is 2.56 bits per heavy atom. The van der Waals surface area contributed by atoms with Crippen LogP contribution in [-0.4, -0.2) is 59.9 Å². The molecule has 3 heterocycles. The number of hydrogen-bond acceptors (Lipinski definition) is 5. The lowest BCUT2D eigenvalue weighted by molar-refractivity contribution is -0.131. The van der Waals surface area contributed by atoms with Crippen LogP contribution in [0.1, 0.15) is 39.0 Å². The standard InChI is InChI=1S/C17H25N3O3S2/c1-14-6-2-3-11-20(14)17(21)13-24-16-8-7-15(12-18-16)25(22,23)19-9-4-5-10-19/h7-8,12,14H,2-6,9-11,13H2,1H3/t14-/m1/s1. The Morgan fingerprint density at radius 2 is 1.92 bits per heavy atom. The van der Waals surface area contributed by atoms with Gasteiger partial charge >= 0.3 is 0 Å². The zero-order chi connectivity index (χ0) is 17.9. The highest BCUT2D eigenvalue weighted by Gasteiger charge is 2.27. The topological polar surface area (TPSA) is 70.6 Å². The summed E-state index contributed by atoms with van der Waals surface area (Å²) in [4.78, 5) is 18.8. The molecule has 0 N–H and O–H groups in total. The summed E-state index contributed by atoms with van der Waals surface area (Å²) in [5.41, 5.74) is 0. The summed E-state index contributed by atoms with van der Waals surface area (Å²) in [5.74, 6) is 0.475. The van der Waals surface area contributed by atoms with Gasteiger partial charge in [-0.25, -0.2) is 13.4 Å². The van der Waals surface area contributed by atoms with E-state index in [4.69, 9.17) is 0 Å². The normalized spacial score (nSPS) is 22.3. The third-order valence-corrected chi connectivity index (χ3v) is 7.69. The van der Waals surface area contributed by atoms with Crippen molar-refractivity contribution in [2.45, 2.75) is 55.0 Å². The second kappa shape index (κ2) is 8.05. The molecule has 0 aliphatic carbocycles. The summed E-state index contributed by atoms with van der Waals surface area (Å²) >= 11 is 1.37. The molecule has 2 saturated heterocycles. The highest BCUT2D eigenvalue weighted by molar-refractivity contribution is 7.99. The van der Waals surface area contributed by atoms with Gasteiger partial charge in [-0.3, -0.25) is 4.79 Å². The van der Waals surface area contributed by atoms with Gasteiger partial charge in [-0.2, -0.15) is 4.31 Å². The van der Waals surface area contributed by atoms with Crippen molar-refractivity contribution in [2.75, 3.05) is 25.4 Å². The van der Waals surface area contributed by atoms with Gasteiger partial charge in [0.1, 0.15) is 4.90 Å². The molecule has 2 aliphatic heterocycles. The maximum absolute atomic E-state index is 12.5. The molecular weight excluding hydrogens is 358 g/mol. The first-order valence-corrected chi connectivity index (χ1v) is 11.3. The largest absolute Gasteiger partial charge is 0.339 e. The number of nitrogens with zero attached hydrogens (tertiary/aromatic N) is 3. The van der Waals surface area contributed by atoms with Crippen LogP contribution >= 0.6 is 11.8 Å². The number of rotatable bonds is 5. The SMILES string of the molecule is C[C@@H]1CCCCN1C(=O)CSc1ccc(S(=O)(=O)N2CCCC2)cn1. The van der Waals surface area contributed by atoms with Gasteiger partial charge in [0.05, 0.1) is 10.8 Å². The molecule has 1 aromatic heterocycles. The summed E-state index contributed by atoms with van der Waals surface area (Å²) in [6.45, 7) is 4.10. The lowest BCUT2D eigenvalue weighted by Gasteiger charge is -2.33. The number of carbonyl (C=O) groups is 1. The Hall–Kier alpha value is -1.12. The fourth-order valence-corrected chi connectivity index (χ4v) is 5.56. The summed E-state index contributed by atoms with van der Waals surface area (Å²) in [6.07, 6.45) is 6.56. The molecule has 0 spiro atoms. The molecule has 6 nitrogen and oxygen atoms in total. The summed E-state index contributed by atoms with van der Waals surface area (Å²) in [5, 5.41) is 0.679. The first kappa shape index (κ1) is 18.7. The minimum Gasteiger partial charge on any atom is -0.339 e. The number of amides is 1. The quantitative estimate of drug-likeness (QED) is 0.730. The second-order valence-electron chi connectivity index (χ2n) is 6.66. The van der Waals surface area contributed by atoms with Crippen LogP contribution in [0.25, 0.3) is 0 Å². The van der Waals surface area contributed by atoms with E-state index in [1.54, 1.807) is 12.1 Å². The summed E-state index contributed by atoms with van der Waals surface area (Å²) in [6, 6.07) is 3.60. The van der Waals surface area contributed by atoms with E-state index in [1.807, 2.05) is 4.90 Å². The molecule has 2 fully saturated rings. The predicted octanol–water partition coefficient (Wildman–Crippen LogP) is 2.36. The number of aromatic nitrogens is 1. The van der Waals surface area contributed by atoms with Crippen LogP contribution < -0.4 is 0 Å². The fraction of sp³-hybridized carbons (Fsp3) is 0.647. The minimum atomic E-state index is -3.42. The van der Waals surface area contributed by atoms with Crippen LogP contribution in [-0.2, 0) is 14.8 Å². The van der Waals surface area contributed by atoms with E-state index in [0.717, 1.165) is 32.2 Å². The van der Waals surface area contributed by atoms with Crippen molar-refractivity contribution in [1.29, 1.82) is 0 Å². The van der Waals surface area contributed by atoms with Crippen molar-refractivity contribution in [3.05, 3.63) is 18.3 Å². The molecule has 3 rings (SSSR count). The van der Waals surface area contributed by atoms with Gasteiger partial charge in [0.15, 0.2) is 0 Å². The van der Waals surface area contributed by atoms with Gasteiger partial charge in [-0.15, -0.1) is 0 Å². The van der Waals surface area contributed by atoms with Crippen LogP contribution in [0.3, 0.4) is 0 Å². The number of piperidine rings is 1. The number of pyridine rings is 1. The molecule has 0 unspecified atom stereocenters. The van der Waals surface area contributed by atoms with Crippen LogP contribution in [0, 0.1) is 0 Å². The van der Waals surface area contributed by atoms with E-state index in [0.29, 0.717) is 29.9 Å². The number of thioether (sulfide) groups is 1. The monoisotopic (exact) mass is 383 g/mol. The van der Waals surface area contributed by atoms with E-state index in [1.165, 1.54) is 28.7 Å². The number of sulfonamides is 1. The Labute approximate surface area is 154 Å². The van der Waals surface area contributed by atoms with Crippen molar-refractivity contribution >= 4 is 27.7 Å². The number of carbonyl (C=O) groups excluding carboxylic acids is 1. The highest BCUT2D eigenvalue weighted by Crippen LogP contribution is 2.24. The van der Waals surface area contributed by atoms with Crippen LogP contribution in [0.15, 0.2) is 28.3 Å². The van der Waals surface area contributed by atoms with Crippen molar-refractivity contribution < 1.29 is 13.2 Å². The van der Waals surface area contributed by atoms with Gasteiger partial charge in [0.2, 0.25) is 15.9 Å². The van der Waals surface area contributed by atoms with E-state index in [-0.39, 0.29) is 10.8 Å². The molecule has 2 aliphatic rings. The summed E-state index contributed by atoms with van der Waals surface area (Å²) < 4.78 is 26.5. The van der Waals surface area contributed by atoms with Crippen molar-refractivity contribution in [3.63, 3.8) is 0 Å². The van der Waals surface area contributed by atoms with Gasteiger partial charge in [-0.05, 0) is 51.2 Å². The third-order valence-electron chi connectivity index (χ3n) is 4.88. The Bertz CT molecular complexity index is 700. The van der Waals surface area contributed by atoms with E-state index in [9.17, 15) is 13.2 Å². The zero-order valence-corrected chi connectivity index (χ0v) is 16.2. The van der Waals surface area contributed by atoms with Crippen LogP contribution in [0.5, 0.6) is 0 Å². The molecule has 0 aromatic carbocycles. The van der Waals surface area contributed by atoms with Gasteiger partial charge < -0.3 is 4.90 Å². The first-order valence-electron chi connectivity index (χ1n) is 8.87. The van der Waals surface area contributed by atoms with Gasteiger partial charge in [0.25, 0.3) is 0 Å². The van der Waals surface area contributed by atoms with E-state index >= 15 is 0 Å². The Morgan fingerprint density at radius 1 is 1.20 bits per heavy atom. The van der Waals surface area contributed by atoms with E-state index < -0.39 is 10.0 Å². The fourth-order valence-electron chi connectivity index (χ4n) is 3.37. The molecule has 25 heavy (non-hydrogen) atoms. The average Bonchev–Trinajstić information content (AvgIpc) is 3.16. The third kappa shape index (κ3) is 4.35. The molecule has 0 radical (unpaired) electrons. The summed E-state index contributed by atoms with van der Waals surface area (Å²) in [7, 11) is -3.42. The van der Waals surface area contributed by atoms with Crippen LogP contribution in [0.4, 0.5) is 0 Å². The van der Waals surface area contributed by atoms with Gasteiger partial charge in [0, 0.05) is 31.9 Å². The average molecular weight is 384 g/mol. The maximum Gasteiger partial charge on any atom is 0.244 e. The maximum atomic E-state index is 12.5. The predicted molar refractivity (Wildman–Crippen MR) is 98.0 cm³/mol. The smallest absolute Gasteiger partial charge is 0.244 e. The second-order valence-corrected chi connectivity index (χ2v) is 9.60. The van der Waals surface area contributed by atoms with Crippen molar-refractivity contribution in [3.8, 4) is 0 Å². The van der Waals surface area contributed by atoms with E-state index in [2.05, 4.69) is 11.9 Å². The molecular formula is C17H25N3O3S2. The molecule has 1 amide bonds. The molecule has 8 heteroatoms.